The van der Waals surface area contributed by atoms with E-state index in [4.69, 9.17) is 4.52 Å². The number of carbonyl (C=O) groups excluding carboxylic acids is 1. The lowest BCUT2D eigenvalue weighted by atomic mass is 9.97. The molecule has 4 rings (SSSR count). The van der Waals surface area contributed by atoms with Gasteiger partial charge in [-0.15, -0.1) is 0 Å². The van der Waals surface area contributed by atoms with Gasteiger partial charge in [0.05, 0.1) is 5.69 Å². The molecule has 2 aromatic rings. The van der Waals surface area contributed by atoms with Crippen molar-refractivity contribution in [2.24, 2.45) is 0 Å². The van der Waals surface area contributed by atoms with Crippen molar-refractivity contribution in [3.8, 4) is 0 Å². The molecular formula is C22H29N3O2. The normalized spacial score (nSPS) is 25.8. The van der Waals surface area contributed by atoms with E-state index in [1.54, 1.807) is 13.8 Å². The van der Waals surface area contributed by atoms with Gasteiger partial charge in [0.25, 0.3) is 5.91 Å². The number of aryl methyl sites for hydroxylation is 2. The lowest BCUT2D eigenvalue weighted by Crippen LogP contribution is -2.35. The van der Waals surface area contributed by atoms with Crippen LogP contribution in [0.5, 0.6) is 0 Å². The number of carbonyl (C=O) groups is 1. The number of nitrogens with one attached hydrogen (secondary N) is 1. The van der Waals surface area contributed by atoms with Gasteiger partial charge in [0, 0.05) is 17.8 Å². The molecule has 3 atom stereocenters. The molecule has 1 saturated heterocycles. The number of benzene rings is 1. The molecule has 1 N–H and O–H groups in total. The van der Waals surface area contributed by atoms with E-state index in [-0.39, 0.29) is 5.91 Å². The second-order valence-corrected chi connectivity index (χ2v) is 8.17. The highest BCUT2D eigenvalue weighted by Gasteiger charge is 2.34. The topological polar surface area (TPSA) is 58.4 Å². The molecule has 0 bridgehead atoms. The number of anilines is 1. The molecule has 1 unspecified atom stereocenters. The molecule has 1 amide bonds. The zero-order chi connectivity index (χ0) is 19.0. The van der Waals surface area contributed by atoms with Crippen LogP contribution in [-0.2, 0) is 0 Å². The molecule has 1 aliphatic carbocycles. The van der Waals surface area contributed by atoms with E-state index in [0.717, 1.165) is 17.8 Å². The van der Waals surface area contributed by atoms with Gasteiger partial charge in [-0.3, -0.25) is 9.69 Å². The third-order valence-electron chi connectivity index (χ3n) is 6.38. The zero-order valence-corrected chi connectivity index (χ0v) is 16.5. The second-order valence-electron chi connectivity index (χ2n) is 8.17. The van der Waals surface area contributed by atoms with E-state index in [1.165, 1.54) is 44.2 Å². The molecule has 27 heavy (non-hydrogen) atoms. The molecule has 0 radical (unpaired) electrons. The fourth-order valence-electron chi connectivity index (χ4n) is 4.90. The average molecular weight is 367 g/mol. The largest absolute Gasteiger partial charge is 0.361 e. The molecule has 2 fully saturated rings. The molecule has 0 spiro atoms. The van der Waals surface area contributed by atoms with Crippen LogP contribution in [0.1, 0.15) is 72.3 Å². The number of likely N-dealkylation sites (tertiary alicyclic amines) is 1. The minimum atomic E-state index is -0.164. The average Bonchev–Trinajstić information content (AvgIpc) is 3.36. The highest BCUT2D eigenvalue weighted by atomic mass is 16.5. The molecule has 1 aromatic carbocycles. The number of amides is 1. The van der Waals surface area contributed by atoms with Crippen LogP contribution in [0, 0.1) is 13.8 Å². The smallest absolute Gasteiger partial charge is 0.261 e. The summed E-state index contributed by atoms with van der Waals surface area (Å²) in [5, 5.41) is 6.81. The minimum absolute atomic E-state index is 0.164. The summed E-state index contributed by atoms with van der Waals surface area (Å²) >= 11 is 0. The molecule has 144 valence electrons. The number of hydrogen-bond donors (Lipinski definition) is 1. The van der Waals surface area contributed by atoms with Gasteiger partial charge in [-0.05, 0) is 83.0 Å². The SMILES string of the molecule is Cc1noc(C)c1C(=O)Nc1ccc(C2CC[C@H](N3CCC[C@@H]3C)C2)cc1. The predicted molar refractivity (Wildman–Crippen MR) is 106 cm³/mol. The van der Waals surface area contributed by atoms with Crippen molar-refractivity contribution in [2.45, 2.75) is 70.9 Å². The van der Waals surface area contributed by atoms with Crippen molar-refractivity contribution in [2.75, 3.05) is 11.9 Å². The molecule has 1 saturated carbocycles. The number of rotatable bonds is 4. The van der Waals surface area contributed by atoms with Crippen molar-refractivity contribution in [1.29, 1.82) is 0 Å². The quantitative estimate of drug-likeness (QED) is 0.853. The highest BCUT2D eigenvalue weighted by molar-refractivity contribution is 6.05. The molecule has 1 aromatic heterocycles. The maximum Gasteiger partial charge on any atom is 0.261 e. The third-order valence-corrected chi connectivity index (χ3v) is 6.38. The summed E-state index contributed by atoms with van der Waals surface area (Å²) in [5.41, 5.74) is 3.35. The molecule has 2 heterocycles. The Balaban J connectivity index is 1.39. The van der Waals surface area contributed by atoms with Crippen molar-refractivity contribution in [3.05, 3.63) is 46.8 Å². The van der Waals surface area contributed by atoms with Gasteiger partial charge in [-0.1, -0.05) is 17.3 Å². The molecule has 2 aliphatic rings. The summed E-state index contributed by atoms with van der Waals surface area (Å²) in [5.74, 6) is 1.02. The summed E-state index contributed by atoms with van der Waals surface area (Å²) in [6.07, 6.45) is 6.52. The third kappa shape index (κ3) is 3.65. The first-order valence-electron chi connectivity index (χ1n) is 10.1. The van der Waals surface area contributed by atoms with Gasteiger partial charge >= 0.3 is 0 Å². The van der Waals surface area contributed by atoms with Crippen LogP contribution in [0.15, 0.2) is 28.8 Å². The van der Waals surface area contributed by atoms with Gasteiger partial charge < -0.3 is 9.84 Å². The Kier molecular flexibility index (Phi) is 5.04. The molecule has 5 heteroatoms. The van der Waals surface area contributed by atoms with Gasteiger partial charge in [0.2, 0.25) is 0 Å². The van der Waals surface area contributed by atoms with Crippen molar-refractivity contribution >= 4 is 11.6 Å². The fourth-order valence-corrected chi connectivity index (χ4v) is 4.90. The standard InChI is InChI=1S/C22H29N3O2/c1-14-5-4-12-25(14)20-11-8-18(13-20)17-6-9-19(10-7-17)23-22(26)21-15(2)24-27-16(21)3/h6-7,9-10,14,18,20H,4-5,8,11-13H2,1-3H3,(H,23,26)/t14-,18?,20-/m0/s1. The Bertz CT molecular complexity index is 792. The van der Waals surface area contributed by atoms with E-state index >= 15 is 0 Å². The van der Waals surface area contributed by atoms with Gasteiger partial charge in [0.15, 0.2) is 0 Å². The summed E-state index contributed by atoms with van der Waals surface area (Å²) in [6, 6.07) is 9.85. The van der Waals surface area contributed by atoms with Crippen molar-refractivity contribution in [3.63, 3.8) is 0 Å². The number of nitrogens with zero attached hydrogens (tertiary/aromatic N) is 2. The summed E-state index contributed by atoms with van der Waals surface area (Å²) < 4.78 is 5.09. The molecule has 1 aliphatic heterocycles. The van der Waals surface area contributed by atoms with Crippen LogP contribution in [0.4, 0.5) is 5.69 Å². The first-order chi connectivity index (χ1) is 13.0. The van der Waals surface area contributed by atoms with Crippen LogP contribution < -0.4 is 5.32 Å². The summed E-state index contributed by atoms with van der Waals surface area (Å²) in [6.45, 7) is 7.18. The van der Waals surface area contributed by atoms with E-state index in [0.29, 0.717) is 22.9 Å². The maximum atomic E-state index is 12.5. The first kappa shape index (κ1) is 18.2. The van der Waals surface area contributed by atoms with Gasteiger partial charge in [-0.2, -0.15) is 0 Å². The Hall–Kier alpha value is -2.14. The first-order valence-corrected chi connectivity index (χ1v) is 10.1. The molecular weight excluding hydrogens is 338 g/mol. The lowest BCUT2D eigenvalue weighted by Gasteiger charge is -2.28. The van der Waals surface area contributed by atoms with E-state index in [2.05, 4.69) is 34.4 Å². The summed E-state index contributed by atoms with van der Waals surface area (Å²) in [7, 11) is 0. The monoisotopic (exact) mass is 367 g/mol. The minimum Gasteiger partial charge on any atom is -0.361 e. The van der Waals surface area contributed by atoms with Crippen LogP contribution in [-0.4, -0.2) is 34.6 Å². The van der Waals surface area contributed by atoms with Crippen LogP contribution >= 0.6 is 0 Å². The fraction of sp³-hybridized carbons (Fsp3) is 0.545. The van der Waals surface area contributed by atoms with E-state index in [9.17, 15) is 4.79 Å². The zero-order valence-electron chi connectivity index (χ0n) is 16.5. The number of aromatic nitrogens is 1. The Morgan fingerprint density at radius 3 is 2.59 bits per heavy atom. The summed E-state index contributed by atoms with van der Waals surface area (Å²) in [4.78, 5) is 15.2. The van der Waals surface area contributed by atoms with Crippen molar-refractivity contribution in [1.82, 2.24) is 10.1 Å². The van der Waals surface area contributed by atoms with Crippen LogP contribution in [0.25, 0.3) is 0 Å². The van der Waals surface area contributed by atoms with Crippen LogP contribution in [0.3, 0.4) is 0 Å². The predicted octanol–water partition coefficient (Wildman–Crippen LogP) is 4.66. The Morgan fingerprint density at radius 2 is 1.96 bits per heavy atom. The van der Waals surface area contributed by atoms with Crippen molar-refractivity contribution < 1.29 is 9.32 Å². The van der Waals surface area contributed by atoms with Gasteiger partial charge in [-0.25, -0.2) is 0 Å². The Labute approximate surface area is 161 Å². The van der Waals surface area contributed by atoms with E-state index < -0.39 is 0 Å². The van der Waals surface area contributed by atoms with Gasteiger partial charge in [0.1, 0.15) is 11.3 Å². The highest BCUT2D eigenvalue weighted by Crippen LogP contribution is 2.39. The Morgan fingerprint density at radius 1 is 1.19 bits per heavy atom. The number of hydrogen-bond acceptors (Lipinski definition) is 4. The van der Waals surface area contributed by atoms with E-state index in [1.807, 2.05) is 12.1 Å². The van der Waals surface area contributed by atoms with Crippen LogP contribution in [0.2, 0.25) is 0 Å². The lowest BCUT2D eigenvalue weighted by molar-refractivity contribution is 0.102. The maximum absolute atomic E-state index is 12.5. The second kappa shape index (κ2) is 7.47. The molecule has 5 nitrogen and oxygen atoms in total.